The third-order valence-electron chi connectivity index (χ3n) is 1.71. The van der Waals surface area contributed by atoms with E-state index in [0.29, 0.717) is 0 Å². The summed E-state index contributed by atoms with van der Waals surface area (Å²) in [5.41, 5.74) is 5.57. The standard InChI is InChI=1S/C9H9F2NO/c1-2-7(12)5-3-4-6(10)8(11)9(5)13/h2-4,7,13H,1,12H2/t7-/m0/s1. The molecule has 4 heteroatoms. The van der Waals surface area contributed by atoms with Crippen LogP contribution < -0.4 is 5.73 Å². The van der Waals surface area contributed by atoms with Crippen molar-refractivity contribution in [3.8, 4) is 5.75 Å². The zero-order valence-corrected chi connectivity index (χ0v) is 6.80. The molecule has 0 spiro atoms. The average molecular weight is 185 g/mol. The summed E-state index contributed by atoms with van der Waals surface area (Å²) in [6.07, 6.45) is 1.33. The summed E-state index contributed by atoms with van der Waals surface area (Å²) >= 11 is 0. The quantitative estimate of drug-likeness (QED) is 0.691. The highest BCUT2D eigenvalue weighted by molar-refractivity contribution is 5.38. The largest absolute Gasteiger partial charge is 0.505 e. The first kappa shape index (κ1) is 9.67. The van der Waals surface area contributed by atoms with E-state index in [1.54, 1.807) is 0 Å². The van der Waals surface area contributed by atoms with Crippen molar-refractivity contribution < 1.29 is 13.9 Å². The maximum absolute atomic E-state index is 12.8. The molecule has 13 heavy (non-hydrogen) atoms. The number of rotatable bonds is 2. The van der Waals surface area contributed by atoms with Gasteiger partial charge < -0.3 is 10.8 Å². The van der Waals surface area contributed by atoms with Crippen LogP contribution in [0, 0.1) is 11.6 Å². The zero-order valence-electron chi connectivity index (χ0n) is 6.80. The molecule has 0 radical (unpaired) electrons. The van der Waals surface area contributed by atoms with Crippen LogP contribution in [0.5, 0.6) is 5.75 Å². The van der Waals surface area contributed by atoms with E-state index in [1.165, 1.54) is 12.1 Å². The fraction of sp³-hybridized carbons (Fsp3) is 0.111. The van der Waals surface area contributed by atoms with E-state index in [2.05, 4.69) is 6.58 Å². The number of aromatic hydroxyl groups is 1. The first-order valence-corrected chi connectivity index (χ1v) is 3.63. The second-order valence-corrected chi connectivity index (χ2v) is 2.56. The number of benzene rings is 1. The molecule has 0 fully saturated rings. The Bertz CT molecular complexity index is 339. The van der Waals surface area contributed by atoms with Crippen LogP contribution in [0.1, 0.15) is 11.6 Å². The second kappa shape index (κ2) is 3.53. The third-order valence-corrected chi connectivity index (χ3v) is 1.71. The van der Waals surface area contributed by atoms with Crippen molar-refractivity contribution >= 4 is 0 Å². The maximum atomic E-state index is 12.8. The number of hydrogen-bond donors (Lipinski definition) is 2. The summed E-state index contributed by atoms with van der Waals surface area (Å²) in [6.45, 7) is 3.38. The van der Waals surface area contributed by atoms with Crippen molar-refractivity contribution in [2.75, 3.05) is 0 Å². The normalized spacial score (nSPS) is 12.5. The number of phenolic OH excluding ortho intramolecular Hbond substituents is 1. The lowest BCUT2D eigenvalue weighted by Crippen LogP contribution is -2.07. The SMILES string of the molecule is C=C[C@H](N)c1ccc(F)c(F)c1O. The molecule has 3 N–H and O–H groups in total. The van der Waals surface area contributed by atoms with Crippen molar-refractivity contribution in [2.45, 2.75) is 6.04 Å². The summed E-state index contributed by atoms with van der Waals surface area (Å²) in [5.74, 6) is -3.14. The Morgan fingerprint density at radius 3 is 2.62 bits per heavy atom. The van der Waals surface area contributed by atoms with Crippen molar-refractivity contribution in [1.82, 2.24) is 0 Å². The summed E-state index contributed by atoms with van der Waals surface area (Å²) in [7, 11) is 0. The first-order valence-electron chi connectivity index (χ1n) is 3.63. The Hall–Kier alpha value is -1.42. The Labute approximate surface area is 74.3 Å². The monoisotopic (exact) mass is 185 g/mol. The topological polar surface area (TPSA) is 46.2 Å². The zero-order chi connectivity index (χ0) is 10.0. The predicted octanol–water partition coefficient (Wildman–Crippen LogP) is 1.86. The van der Waals surface area contributed by atoms with Gasteiger partial charge in [0, 0.05) is 5.56 Å². The maximum Gasteiger partial charge on any atom is 0.200 e. The van der Waals surface area contributed by atoms with Crippen molar-refractivity contribution in [1.29, 1.82) is 0 Å². The molecule has 2 nitrogen and oxygen atoms in total. The van der Waals surface area contributed by atoms with Crippen molar-refractivity contribution in [3.05, 3.63) is 42.0 Å². The van der Waals surface area contributed by atoms with Crippen molar-refractivity contribution in [3.63, 3.8) is 0 Å². The van der Waals surface area contributed by atoms with Crippen LogP contribution in [0.4, 0.5) is 8.78 Å². The van der Waals surface area contributed by atoms with Crippen LogP contribution in [0.3, 0.4) is 0 Å². The lowest BCUT2D eigenvalue weighted by molar-refractivity contribution is 0.400. The fourth-order valence-corrected chi connectivity index (χ4v) is 0.951. The minimum atomic E-state index is -1.28. The van der Waals surface area contributed by atoms with Gasteiger partial charge in [-0.25, -0.2) is 4.39 Å². The molecule has 1 rings (SSSR count). The summed E-state index contributed by atoms with van der Waals surface area (Å²) in [6, 6.07) is 1.43. The molecule has 1 aromatic rings. The second-order valence-electron chi connectivity index (χ2n) is 2.56. The van der Waals surface area contributed by atoms with Gasteiger partial charge in [0.2, 0.25) is 5.82 Å². The molecule has 0 aliphatic carbocycles. The van der Waals surface area contributed by atoms with E-state index in [-0.39, 0.29) is 5.56 Å². The minimum Gasteiger partial charge on any atom is -0.505 e. The summed E-state index contributed by atoms with van der Waals surface area (Å²) < 4.78 is 25.3. The van der Waals surface area contributed by atoms with E-state index >= 15 is 0 Å². The summed E-state index contributed by atoms with van der Waals surface area (Å²) in [5, 5.41) is 9.14. The molecule has 70 valence electrons. The van der Waals surface area contributed by atoms with E-state index in [9.17, 15) is 8.78 Å². The van der Waals surface area contributed by atoms with E-state index in [0.717, 1.165) is 6.07 Å². The van der Waals surface area contributed by atoms with Gasteiger partial charge in [-0.3, -0.25) is 0 Å². The van der Waals surface area contributed by atoms with Gasteiger partial charge in [0.1, 0.15) is 0 Å². The third kappa shape index (κ3) is 1.67. The molecule has 0 amide bonds. The number of hydrogen-bond acceptors (Lipinski definition) is 2. The Kier molecular flexibility index (Phi) is 2.63. The van der Waals surface area contributed by atoms with Gasteiger partial charge >= 0.3 is 0 Å². The van der Waals surface area contributed by atoms with Gasteiger partial charge in [0.05, 0.1) is 6.04 Å². The molecular weight excluding hydrogens is 176 g/mol. The summed E-state index contributed by atoms with van der Waals surface area (Å²) in [4.78, 5) is 0. The molecule has 1 atom stereocenters. The van der Waals surface area contributed by atoms with Crippen LogP contribution in [0.15, 0.2) is 24.8 Å². The lowest BCUT2D eigenvalue weighted by atomic mass is 10.1. The molecule has 0 aliphatic rings. The van der Waals surface area contributed by atoms with Gasteiger partial charge in [-0.05, 0) is 6.07 Å². The Morgan fingerprint density at radius 1 is 1.46 bits per heavy atom. The highest BCUT2D eigenvalue weighted by Gasteiger charge is 2.15. The molecule has 0 bridgehead atoms. The number of phenols is 1. The van der Waals surface area contributed by atoms with Gasteiger partial charge in [0.25, 0.3) is 0 Å². The number of nitrogens with two attached hydrogens (primary N) is 1. The molecule has 0 saturated heterocycles. The highest BCUT2D eigenvalue weighted by Crippen LogP contribution is 2.27. The highest BCUT2D eigenvalue weighted by atomic mass is 19.2. The lowest BCUT2D eigenvalue weighted by Gasteiger charge is -2.09. The molecule has 0 aromatic heterocycles. The smallest absolute Gasteiger partial charge is 0.200 e. The molecule has 0 aliphatic heterocycles. The van der Waals surface area contributed by atoms with E-state index < -0.39 is 23.4 Å². The van der Waals surface area contributed by atoms with Gasteiger partial charge in [-0.15, -0.1) is 6.58 Å². The van der Waals surface area contributed by atoms with Gasteiger partial charge in [-0.1, -0.05) is 12.1 Å². The van der Waals surface area contributed by atoms with Gasteiger partial charge in [-0.2, -0.15) is 4.39 Å². The van der Waals surface area contributed by atoms with Gasteiger partial charge in [0.15, 0.2) is 11.6 Å². The van der Waals surface area contributed by atoms with Crippen LogP contribution >= 0.6 is 0 Å². The molecule has 0 saturated carbocycles. The number of halogens is 2. The first-order chi connectivity index (χ1) is 6.07. The Morgan fingerprint density at radius 2 is 2.08 bits per heavy atom. The average Bonchev–Trinajstić information content (AvgIpc) is 2.13. The van der Waals surface area contributed by atoms with Crippen LogP contribution in [-0.4, -0.2) is 5.11 Å². The fourth-order valence-electron chi connectivity index (χ4n) is 0.951. The van der Waals surface area contributed by atoms with Crippen LogP contribution in [-0.2, 0) is 0 Å². The Balaban J connectivity index is 3.25. The van der Waals surface area contributed by atoms with Crippen LogP contribution in [0.25, 0.3) is 0 Å². The van der Waals surface area contributed by atoms with E-state index in [4.69, 9.17) is 10.8 Å². The predicted molar refractivity (Wildman–Crippen MR) is 45.1 cm³/mol. The molecule has 1 aromatic carbocycles. The van der Waals surface area contributed by atoms with Crippen LogP contribution in [0.2, 0.25) is 0 Å². The minimum absolute atomic E-state index is 0.119. The van der Waals surface area contributed by atoms with E-state index in [1.807, 2.05) is 0 Å². The van der Waals surface area contributed by atoms with Crippen molar-refractivity contribution in [2.24, 2.45) is 5.73 Å². The molecule has 0 heterocycles. The molecular formula is C9H9F2NO. The molecule has 0 unspecified atom stereocenters.